The van der Waals surface area contributed by atoms with Gasteiger partial charge in [-0.3, -0.25) is 0 Å². The highest BCUT2D eigenvalue weighted by Crippen LogP contribution is 2.35. The summed E-state index contributed by atoms with van der Waals surface area (Å²) in [4.78, 5) is 17.7. The van der Waals surface area contributed by atoms with Gasteiger partial charge in [-0.05, 0) is 44.9 Å². The normalized spacial score (nSPS) is 11.4. The molecule has 0 unspecified atom stereocenters. The van der Waals surface area contributed by atoms with E-state index in [0.717, 1.165) is 26.6 Å². The molecule has 0 N–H and O–H groups in total. The van der Waals surface area contributed by atoms with Gasteiger partial charge >= 0.3 is 5.97 Å². The van der Waals surface area contributed by atoms with E-state index < -0.39 is 16.0 Å². The van der Waals surface area contributed by atoms with Gasteiger partial charge in [-0.15, -0.1) is 11.3 Å². The number of esters is 1. The van der Waals surface area contributed by atoms with Crippen molar-refractivity contribution in [2.45, 2.75) is 39.0 Å². The van der Waals surface area contributed by atoms with Gasteiger partial charge in [0.15, 0.2) is 5.82 Å². The molecule has 0 fully saturated rings. The van der Waals surface area contributed by atoms with Crippen LogP contribution in [0, 0.1) is 13.8 Å². The van der Waals surface area contributed by atoms with Crippen molar-refractivity contribution in [2.75, 3.05) is 18.0 Å². The second-order valence-electron chi connectivity index (χ2n) is 7.10. The summed E-state index contributed by atoms with van der Waals surface area (Å²) >= 11 is 1.45. The first-order valence-electron chi connectivity index (χ1n) is 10.0. The Bertz CT molecular complexity index is 1200. The van der Waals surface area contributed by atoms with Gasteiger partial charge in [0.2, 0.25) is 0 Å². The van der Waals surface area contributed by atoms with E-state index >= 15 is 0 Å². The molecule has 0 atom stereocenters. The van der Waals surface area contributed by atoms with Gasteiger partial charge in [-0.2, -0.15) is 0 Å². The van der Waals surface area contributed by atoms with E-state index in [4.69, 9.17) is 4.74 Å². The molecule has 3 aromatic rings. The molecule has 31 heavy (non-hydrogen) atoms. The van der Waals surface area contributed by atoms with Crippen LogP contribution in [0.5, 0.6) is 0 Å². The number of anilines is 1. The van der Waals surface area contributed by atoms with Crippen molar-refractivity contribution in [1.29, 1.82) is 0 Å². The van der Waals surface area contributed by atoms with Gasteiger partial charge in [0, 0.05) is 17.0 Å². The Morgan fingerprint density at radius 2 is 1.77 bits per heavy atom. The Balaban J connectivity index is 2.06. The zero-order chi connectivity index (χ0) is 22.8. The van der Waals surface area contributed by atoms with E-state index in [1.165, 1.54) is 34.9 Å². The molecule has 2 aromatic carbocycles. The SMILES string of the molecule is CCc1ccc(S(=O)(=O)N(CC)c2nc(-c3ccc(C)cc3)sc2C)cc1C(=O)OC. The molecular weight excluding hydrogens is 432 g/mol. The number of hydrogen-bond donors (Lipinski definition) is 0. The zero-order valence-electron chi connectivity index (χ0n) is 18.3. The van der Waals surface area contributed by atoms with Crippen LogP contribution in [0.1, 0.15) is 40.2 Å². The first-order valence-corrected chi connectivity index (χ1v) is 12.3. The van der Waals surface area contributed by atoms with Crippen LogP contribution in [0.15, 0.2) is 47.4 Å². The van der Waals surface area contributed by atoms with E-state index in [1.807, 2.05) is 45.0 Å². The van der Waals surface area contributed by atoms with E-state index in [-0.39, 0.29) is 17.0 Å². The smallest absolute Gasteiger partial charge is 0.338 e. The largest absolute Gasteiger partial charge is 0.465 e. The Morgan fingerprint density at radius 3 is 2.35 bits per heavy atom. The van der Waals surface area contributed by atoms with Crippen molar-refractivity contribution in [2.24, 2.45) is 0 Å². The molecule has 0 spiro atoms. The lowest BCUT2D eigenvalue weighted by molar-refractivity contribution is 0.0599. The number of aryl methyl sites for hydroxylation is 3. The Labute approximate surface area is 187 Å². The number of aromatic nitrogens is 1. The minimum Gasteiger partial charge on any atom is -0.465 e. The maximum Gasteiger partial charge on any atom is 0.338 e. The summed E-state index contributed by atoms with van der Waals surface area (Å²) in [5.74, 6) is -0.147. The van der Waals surface area contributed by atoms with Crippen molar-refractivity contribution in [3.63, 3.8) is 0 Å². The van der Waals surface area contributed by atoms with E-state index in [9.17, 15) is 13.2 Å². The van der Waals surface area contributed by atoms with E-state index in [0.29, 0.717) is 12.2 Å². The number of carbonyl (C=O) groups is 1. The lowest BCUT2D eigenvalue weighted by atomic mass is 10.1. The maximum atomic E-state index is 13.5. The number of sulfonamides is 1. The molecule has 0 amide bonds. The highest BCUT2D eigenvalue weighted by Gasteiger charge is 2.29. The Kier molecular flexibility index (Phi) is 6.81. The number of ether oxygens (including phenoxy) is 1. The Hall–Kier alpha value is -2.71. The molecule has 3 rings (SSSR count). The summed E-state index contributed by atoms with van der Waals surface area (Å²) in [6.45, 7) is 7.76. The first kappa shape index (κ1) is 23.0. The van der Waals surface area contributed by atoms with Crippen molar-refractivity contribution < 1.29 is 17.9 Å². The molecule has 0 aliphatic heterocycles. The standard InChI is InChI=1S/C23H26N2O4S2/c1-6-17-12-13-19(14-20(17)23(26)29-5)31(27,28)25(7-2)21-16(4)30-22(24-21)18-10-8-15(3)9-11-18/h8-14H,6-7H2,1-5H3. The van der Waals surface area contributed by atoms with Crippen molar-refractivity contribution in [1.82, 2.24) is 4.98 Å². The van der Waals surface area contributed by atoms with E-state index in [2.05, 4.69) is 4.98 Å². The molecule has 0 aliphatic rings. The van der Waals surface area contributed by atoms with Crippen LogP contribution in [-0.2, 0) is 21.2 Å². The minimum absolute atomic E-state index is 0.0382. The second kappa shape index (κ2) is 9.20. The summed E-state index contributed by atoms with van der Waals surface area (Å²) in [6, 6.07) is 12.6. The fourth-order valence-corrected chi connectivity index (χ4v) is 5.81. The third-order valence-electron chi connectivity index (χ3n) is 5.05. The van der Waals surface area contributed by atoms with Crippen LogP contribution in [0.2, 0.25) is 0 Å². The average Bonchev–Trinajstić information content (AvgIpc) is 3.14. The van der Waals surface area contributed by atoms with Crippen LogP contribution < -0.4 is 4.31 Å². The predicted molar refractivity (Wildman–Crippen MR) is 124 cm³/mol. The second-order valence-corrected chi connectivity index (χ2v) is 10.2. The molecule has 0 saturated carbocycles. The molecule has 0 bridgehead atoms. The van der Waals surface area contributed by atoms with Crippen LogP contribution in [0.4, 0.5) is 5.82 Å². The van der Waals surface area contributed by atoms with E-state index in [1.54, 1.807) is 13.0 Å². The number of methoxy groups -OCH3 is 1. The molecule has 164 valence electrons. The summed E-state index contributed by atoms with van der Waals surface area (Å²) in [5, 5.41) is 0.762. The third-order valence-corrected chi connectivity index (χ3v) is 7.92. The minimum atomic E-state index is -3.92. The topological polar surface area (TPSA) is 76.6 Å². The first-order chi connectivity index (χ1) is 14.7. The summed E-state index contributed by atoms with van der Waals surface area (Å²) in [6.07, 6.45) is 0.591. The van der Waals surface area contributed by atoms with Gasteiger partial charge in [-0.25, -0.2) is 22.5 Å². The molecule has 8 heteroatoms. The van der Waals surface area contributed by atoms with Crippen LogP contribution in [0.3, 0.4) is 0 Å². The number of hydrogen-bond acceptors (Lipinski definition) is 6. The highest BCUT2D eigenvalue weighted by atomic mass is 32.2. The molecule has 0 saturated heterocycles. The summed E-state index contributed by atoms with van der Waals surface area (Å²) in [7, 11) is -2.64. The average molecular weight is 459 g/mol. The number of thiazole rings is 1. The monoisotopic (exact) mass is 458 g/mol. The molecular formula is C23H26N2O4S2. The molecule has 1 aromatic heterocycles. The molecule has 6 nitrogen and oxygen atoms in total. The number of rotatable bonds is 7. The van der Waals surface area contributed by atoms with Crippen molar-refractivity contribution in [3.05, 3.63) is 64.0 Å². The van der Waals surface area contributed by atoms with Gasteiger partial charge in [0.25, 0.3) is 10.0 Å². The van der Waals surface area contributed by atoms with Crippen LogP contribution in [0.25, 0.3) is 10.6 Å². The quantitative estimate of drug-likeness (QED) is 0.466. The fourth-order valence-electron chi connectivity index (χ4n) is 3.32. The van der Waals surface area contributed by atoms with Crippen LogP contribution >= 0.6 is 11.3 Å². The predicted octanol–water partition coefficient (Wildman–Crippen LogP) is 4.99. The van der Waals surface area contributed by atoms with Gasteiger partial charge in [0.05, 0.1) is 17.6 Å². The van der Waals surface area contributed by atoms with Gasteiger partial charge in [0.1, 0.15) is 5.01 Å². The van der Waals surface area contributed by atoms with Crippen molar-refractivity contribution >= 4 is 33.1 Å². The number of carbonyl (C=O) groups excluding carboxylic acids is 1. The van der Waals surface area contributed by atoms with Gasteiger partial charge in [-0.1, -0.05) is 42.8 Å². The molecule has 1 heterocycles. The lowest BCUT2D eigenvalue weighted by Crippen LogP contribution is -2.31. The fraction of sp³-hybridized carbons (Fsp3) is 0.304. The lowest BCUT2D eigenvalue weighted by Gasteiger charge is -2.22. The molecule has 0 aliphatic carbocycles. The number of benzene rings is 2. The number of nitrogens with zero attached hydrogens (tertiary/aromatic N) is 2. The Morgan fingerprint density at radius 1 is 1.10 bits per heavy atom. The van der Waals surface area contributed by atoms with Crippen molar-refractivity contribution in [3.8, 4) is 10.6 Å². The van der Waals surface area contributed by atoms with Crippen LogP contribution in [-0.4, -0.2) is 33.0 Å². The summed E-state index contributed by atoms with van der Waals surface area (Å²) in [5.41, 5.74) is 3.09. The summed E-state index contributed by atoms with van der Waals surface area (Å²) < 4.78 is 33.1. The molecule has 0 radical (unpaired) electrons. The highest BCUT2D eigenvalue weighted by molar-refractivity contribution is 7.92. The third kappa shape index (κ3) is 4.50. The maximum absolute atomic E-state index is 13.5. The van der Waals surface area contributed by atoms with Gasteiger partial charge < -0.3 is 4.74 Å². The zero-order valence-corrected chi connectivity index (χ0v) is 19.9.